The van der Waals surface area contributed by atoms with Gasteiger partial charge in [0, 0.05) is 26.8 Å². The van der Waals surface area contributed by atoms with E-state index in [0.29, 0.717) is 25.7 Å². The van der Waals surface area contributed by atoms with Crippen molar-refractivity contribution in [2.24, 2.45) is 5.92 Å². The molecule has 110 valence electrons. The summed E-state index contributed by atoms with van der Waals surface area (Å²) in [6.45, 7) is 1.80. The fourth-order valence-electron chi connectivity index (χ4n) is 1.49. The van der Waals surface area contributed by atoms with Crippen LogP contribution >= 0.6 is 0 Å². The number of carbonyl (C=O) groups is 2. The molecule has 1 saturated carbocycles. The molecule has 1 rings (SSSR count). The van der Waals surface area contributed by atoms with Gasteiger partial charge in [-0.3, -0.25) is 4.79 Å². The lowest BCUT2D eigenvalue weighted by molar-refractivity contribution is -0.137. The molecule has 0 saturated heterocycles. The summed E-state index contributed by atoms with van der Waals surface area (Å²) >= 11 is 0. The molecule has 7 nitrogen and oxygen atoms in total. The highest BCUT2D eigenvalue weighted by Crippen LogP contribution is 2.28. The summed E-state index contributed by atoms with van der Waals surface area (Å²) in [6, 6.07) is -0.408. The minimum atomic E-state index is -1.05. The molecule has 0 aromatic carbocycles. The summed E-state index contributed by atoms with van der Waals surface area (Å²) in [5.74, 6) is -0.350. The first-order chi connectivity index (χ1) is 9.13. The van der Waals surface area contributed by atoms with Crippen LogP contribution in [-0.4, -0.2) is 68.6 Å². The second-order valence-electron chi connectivity index (χ2n) is 4.56. The van der Waals surface area contributed by atoms with E-state index in [-0.39, 0.29) is 13.1 Å². The number of hydrogen-bond acceptors (Lipinski definition) is 4. The number of nitrogens with one attached hydrogen (secondary N) is 1. The number of methoxy groups -OCH3 is 1. The van der Waals surface area contributed by atoms with Crippen LogP contribution in [0.25, 0.3) is 0 Å². The Balaban J connectivity index is 2.14. The fourth-order valence-corrected chi connectivity index (χ4v) is 1.49. The normalized spacial score (nSPS) is 14.2. The molecule has 19 heavy (non-hydrogen) atoms. The molecular formula is C12H22N2O5. The second-order valence-corrected chi connectivity index (χ2v) is 4.56. The van der Waals surface area contributed by atoms with E-state index < -0.39 is 12.0 Å². The molecule has 1 fully saturated rings. The maximum absolute atomic E-state index is 11.7. The van der Waals surface area contributed by atoms with E-state index >= 15 is 0 Å². The van der Waals surface area contributed by atoms with Crippen LogP contribution in [0.4, 0.5) is 4.79 Å². The second kappa shape index (κ2) is 8.71. The number of ether oxygens (including phenoxy) is 2. The summed E-state index contributed by atoms with van der Waals surface area (Å²) in [7, 11) is 1.50. The zero-order valence-corrected chi connectivity index (χ0v) is 11.3. The zero-order valence-electron chi connectivity index (χ0n) is 11.3. The maximum atomic E-state index is 11.7. The molecule has 2 amide bonds. The lowest BCUT2D eigenvalue weighted by Crippen LogP contribution is -2.45. The molecule has 1 aliphatic carbocycles. The summed E-state index contributed by atoms with van der Waals surface area (Å²) in [4.78, 5) is 23.6. The fraction of sp³-hybridized carbons (Fsp3) is 0.833. The van der Waals surface area contributed by atoms with Crippen LogP contribution in [0.2, 0.25) is 0 Å². The lowest BCUT2D eigenvalue weighted by atomic mass is 10.5. The van der Waals surface area contributed by atoms with Crippen molar-refractivity contribution in [1.29, 1.82) is 0 Å². The Kier molecular flexibility index (Phi) is 7.20. The summed E-state index contributed by atoms with van der Waals surface area (Å²) in [5, 5.41) is 11.4. The Hall–Kier alpha value is -1.34. The number of hydrogen-bond donors (Lipinski definition) is 2. The molecule has 0 atom stereocenters. The van der Waals surface area contributed by atoms with Gasteiger partial charge in [0.25, 0.3) is 0 Å². The molecule has 0 aromatic rings. The van der Waals surface area contributed by atoms with Gasteiger partial charge in [-0.2, -0.15) is 0 Å². The van der Waals surface area contributed by atoms with Crippen molar-refractivity contribution in [3.8, 4) is 0 Å². The number of nitrogens with zero attached hydrogens (tertiary/aromatic N) is 1. The van der Waals surface area contributed by atoms with Gasteiger partial charge in [0.2, 0.25) is 0 Å². The van der Waals surface area contributed by atoms with Crippen molar-refractivity contribution in [1.82, 2.24) is 10.2 Å². The monoisotopic (exact) mass is 274 g/mol. The third kappa shape index (κ3) is 7.63. The molecule has 0 spiro atoms. The number of carboxylic acid groups (broad SMARTS) is 1. The van der Waals surface area contributed by atoms with E-state index in [1.54, 1.807) is 0 Å². The Morgan fingerprint density at radius 2 is 2.11 bits per heavy atom. The molecular weight excluding hydrogens is 252 g/mol. The third-order valence-corrected chi connectivity index (χ3v) is 2.75. The SMILES string of the molecule is COCCN(CC(=O)O)C(=O)NCCOCC1CC1. The molecule has 0 unspecified atom stereocenters. The number of amides is 2. The highest BCUT2D eigenvalue weighted by Gasteiger charge is 2.21. The molecule has 0 heterocycles. The van der Waals surface area contributed by atoms with Crippen LogP contribution in [0.3, 0.4) is 0 Å². The van der Waals surface area contributed by atoms with Crippen molar-refractivity contribution in [2.45, 2.75) is 12.8 Å². The zero-order chi connectivity index (χ0) is 14.1. The van der Waals surface area contributed by atoms with E-state index in [4.69, 9.17) is 14.6 Å². The van der Waals surface area contributed by atoms with Gasteiger partial charge in [0.15, 0.2) is 0 Å². The van der Waals surface area contributed by atoms with Gasteiger partial charge in [-0.05, 0) is 18.8 Å². The van der Waals surface area contributed by atoms with E-state index in [1.807, 2.05) is 0 Å². The highest BCUT2D eigenvalue weighted by atomic mass is 16.5. The topological polar surface area (TPSA) is 88.1 Å². The number of urea groups is 1. The summed E-state index contributed by atoms with van der Waals surface area (Å²) in [6.07, 6.45) is 2.46. The molecule has 2 N–H and O–H groups in total. The first-order valence-electron chi connectivity index (χ1n) is 6.44. The Labute approximate surface area is 112 Å². The molecule has 0 bridgehead atoms. The van der Waals surface area contributed by atoms with Crippen molar-refractivity contribution >= 4 is 12.0 Å². The van der Waals surface area contributed by atoms with Crippen molar-refractivity contribution in [3.05, 3.63) is 0 Å². The first kappa shape index (κ1) is 15.7. The largest absolute Gasteiger partial charge is 0.480 e. The van der Waals surface area contributed by atoms with Crippen molar-refractivity contribution < 1.29 is 24.2 Å². The van der Waals surface area contributed by atoms with Gasteiger partial charge in [0.1, 0.15) is 6.54 Å². The van der Waals surface area contributed by atoms with Crippen LogP contribution in [0.15, 0.2) is 0 Å². The van der Waals surface area contributed by atoms with Crippen molar-refractivity contribution in [2.75, 3.05) is 46.6 Å². The first-order valence-corrected chi connectivity index (χ1v) is 6.44. The molecule has 0 radical (unpaired) electrons. The smallest absolute Gasteiger partial charge is 0.323 e. The Morgan fingerprint density at radius 3 is 2.68 bits per heavy atom. The molecule has 7 heteroatoms. The minimum Gasteiger partial charge on any atom is -0.480 e. The standard InChI is InChI=1S/C12H22N2O5/c1-18-7-5-14(8-11(15)16)12(17)13-4-6-19-9-10-2-3-10/h10H,2-9H2,1H3,(H,13,17)(H,15,16). The van der Waals surface area contributed by atoms with E-state index in [2.05, 4.69) is 5.32 Å². The van der Waals surface area contributed by atoms with E-state index in [1.165, 1.54) is 24.9 Å². The van der Waals surface area contributed by atoms with Gasteiger partial charge >= 0.3 is 12.0 Å². The summed E-state index contributed by atoms with van der Waals surface area (Å²) in [5.41, 5.74) is 0. The van der Waals surface area contributed by atoms with Crippen LogP contribution in [0.1, 0.15) is 12.8 Å². The third-order valence-electron chi connectivity index (χ3n) is 2.75. The van der Waals surface area contributed by atoms with E-state index in [9.17, 15) is 9.59 Å². The maximum Gasteiger partial charge on any atom is 0.323 e. The van der Waals surface area contributed by atoms with Crippen LogP contribution in [0.5, 0.6) is 0 Å². The van der Waals surface area contributed by atoms with Gasteiger partial charge in [0.05, 0.1) is 13.2 Å². The average Bonchev–Trinajstić information content (AvgIpc) is 3.17. The van der Waals surface area contributed by atoms with Crippen LogP contribution in [0, 0.1) is 5.92 Å². The lowest BCUT2D eigenvalue weighted by Gasteiger charge is -2.20. The quantitative estimate of drug-likeness (QED) is 0.554. The summed E-state index contributed by atoms with van der Waals surface area (Å²) < 4.78 is 10.2. The molecule has 0 aromatic heterocycles. The number of carboxylic acids is 1. The van der Waals surface area contributed by atoms with Gasteiger partial charge in [-0.15, -0.1) is 0 Å². The van der Waals surface area contributed by atoms with Crippen LogP contribution < -0.4 is 5.32 Å². The van der Waals surface area contributed by atoms with Gasteiger partial charge in [-0.1, -0.05) is 0 Å². The highest BCUT2D eigenvalue weighted by molar-refractivity contribution is 5.80. The Morgan fingerprint density at radius 1 is 1.37 bits per heavy atom. The minimum absolute atomic E-state index is 0.248. The van der Waals surface area contributed by atoms with Gasteiger partial charge in [-0.25, -0.2) is 4.79 Å². The number of rotatable bonds is 10. The predicted molar refractivity (Wildman–Crippen MR) is 68.0 cm³/mol. The van der Waals surface area contributed by atoms with Gasteiger partial charge < -0.3 is 24.8 Å². The van der Waals surface area contributed by atoms with Crippen LogP contribution in [-0.2, 0) is 14.3 Å². The van der Waals surface area contributed by atoms with Crippen molar-refractivity contribution in [3.63, 3.8) is 0 Å². The van der Waals surface area contributed by atoms with E-state index in [0.717, 1.165) is 6.61 Å². The molecule has 0 aliphatic heterocycles. The Bertz CT molecular complexity index is 294. The molecule has 1 aliphatic rings. The number of carbonyl (C=O) groups excluding carboxylic acids is 1. The average molecular weight is 274 g/mol. The predicted octanol–water partition coefficient (Wildman–Crippen LogP) is 0.156. The number of aliphatic carboxylic acids is 1.